The predicted octanol–water partition coefficient (Wildman–Crippen LogP) is 1.75. The van der Waals surface area contributed by atoms with Crippen molar-refractivity contribution < 1.29 is 13.4 Å². The molecule has 0 aliphatic carbocycles. The summed E-state index contributed by atoms with van der Waals surface area (Å²) < 4.78 is 17.7. The average Bonchev–Trinajstić information content (AvgIpc) is 2.47. The Labute approximate surface area is 79.5 Å². The molecule has 0 atom stereocenters. The summed E-state index contributed by atoms with van der Waals surface area (Å²) in [6, 6.07) is 0. The molecule has 0 radical (unpaired) electrons. The minimum Gasteiger partial charge on any atom is -0.461 e. The maximum atomic E-state index is 12.0. The van der Waals surface area contributed by atoms with Crippen LogP contribution in [0.5, 0.6) is 0 Å². The Hall–Kier alpha value is -1.04. The number of aromatic nitrogens is 2. The lowest BCUT2D eigenvalue weighted by atomic mass is 10.3. The number of carbonyl (C=O) groups is 1. The van der Waals surface area contributed by atoms with Crippen LogP contribution in [0.4, 0.5) is 3.89 Å². The lowest BCUT2D eigenvalue weighted by molar-refractivity contribution is 0.0518. The van der Waals surface area contributed by atoms with Gasteiger partial charge in [0.15, 0.2) is 18.0 Å². The van der Waals surface area contributed by atoms with Gasteiger partial charge < -0.3 is 4.74 Å². The minimum atomic E-state index is -0.521. The van der Waals surface area contributed by atoms with Gasteiger partial charge in [-0.2, -0.15) is 9.19 Å². The van der Waals surface area contributed by atoms with Crippen LogP contribution in [0.1, 0.15) is 23.0 Å². The van der Waals surface area contributed by atoms with Crippen molar-refractivity contribution in [2.75, 3.05) is 6.61 Å². The normalized spacial score (nSPS) is 10.1. The van der Waals surface area contributed by atoms with Crippen LogP contribution in [0.2, 0.25) is 0 Å². The SMILES string of the molecule is CCOC(=O)c1nn(SF)cc1C. The molecule has 0 N–H and O–H groups in total. The molecule has 0 saturated heterocycles. The summed E-state index contributed by atoms with van der Waals surface area (Å²) >= 11 is -0.0629. The first-order valence-corrected chi connectivity index (χ1v) is 4.39. The molecular weight excluding hydrogens is 195 g/mol. The number of ether oxygens (including phenoxy) is 1. The molecule has 0 unspecified atom stereocenters. The Kier molecular flexibility index (Phi) is 3.30. The first-order chi connectivity index (χ1) is 6.19. The number of aryl methyl sites for hydroxylation is 1. The van der Waals surface area contributed by atoms with Crippen LogP contribution in [0, 0.1) is 6.92 Å². The largest absolute Gasteiger partial charge is 0.461 e. The van der Waals surface area contributed by atoms with E-state index in [9.17, 15) is 8.68 Å². The van der Waals surface area contributed by atoms with Gasteiger partial charge in [0, 0.05) is 11.8 Å². The second-order valence-corrected chi connectivity index (χ2v) is 2.86. The highest BCUT2D eigenvalue weighted by molar-refractivity contribution is 7.92. The van der Waals surface area contributed by atoms with Crippen LogP contribution in [-0.4, -0.2) is 21.8 Å². The van der Waals surface area contributed by atoms with Gasteiger partial charge in [-0.25, -0.2) is 4.79 Å². The first kappa shape index (κ1) is 10.0. The van der Waals surface area contributed by atoms with Crippen LogP contribution in [-0.2, 0) is 4.74 Å². The Balaban J connectivity index is 2.87. The molecule has 13 heavy (non-hydrogen) atoms. The fourth-order valence-electron chi connectivity index (χ4n) is 0.870. The highest BCUT2D eigenvalue weighted by atomic mass is 32.2. The number of esters is 1. The second kappa shape index (κ2) is 4.27. The van der Waals surface area contributed by atoms with Gasteiger partial charge in [-0.3, -0.25) is 0 Å². The topological polar surface area (TPSA) is 44.1 Å². The summed E-state index contributed by atoms with van der Waals surface area (Å²) in [4.78, 5) is 11.2. The van der Waals surface area contributed by atoms with Gasteiger partial charge in [-0.15, -0.1) is 3.89 Å². The summed E-state index contributed by atoms with van der Waals surface area (Å²) in [6.07, 6.45) is 1.43. The van der Waals surface area contributed by atoms with Crippen molar-refractivity contribution in [1.82, 2.24) is 9.19 Å². The fraction of sp³-hybridized carbons (Fsp3) is 0.429. The van der Waals surface area contributed by atoms with Crippen molar-refractivity contribution in [3.63, 3.8) is 0 Å². The number of hydrogen-bond acceptors (Lipinski definition) is 4. The Bertz CT molecular complexity index is 313. The first-order valence-electron chi connectivity index (χ1n) is 3.71. The van der Waals surface area contributed by atoms with E-state index in [0.29, 0.717) is 5.56 Å². The minimum absolute atomic E-state index is 0.0629. The van der Waals surface area contributed by atoms with Crippen molar-refractivity contribution in [2.45, 2.75) is 13.8 Å². The number of carbonyl (C=O) groups excluding carboxylic acids is 1. The number of rotatable bonds is 3. The smallest absolute Gasteiger partial charge is 0.359 e. The molecule has 1 heterocycles. The molecule has 0 fully saturated rings. The van der Waals surface area contributed by atoms with Crippen molar-refractivity contribution in [3.8, 4) is 0 Å². The summed E-state index contributed by atoms with van der Waals surface area (Å²) in [7, 11) is 0. The van der Waals surface area contributed by atoms with E-state index in [1.165, 1.54) is 6.20 Å². The standard InChI is InChI=1S/C7H9FN2O2S/c1-3-12-7(11)6-5(2)4-10(9-6)13-8/h4H,3H2,1-2H3. The van der Waals surface area contributed by atoms with Crippen LogP contribution in [0.3, 0.4) is 0 Å². The molecule has 72 valence electrons. The summed E-state index contributed by atoms with van der Waals surface area (Å²) in [5.41, 5.74) is 0.760. The third-order valence-corrected chi connectivity index (χ3v) is 1.74. The van der Waals surface area contributed by atoms with Crippen molar-refractivity contribution in [3.05, 3.63) is 17.5 Å². The second-order valence-electron chi connectivity index (χ2n) is 2.35. The van der Waals surface area contributed by atoms with E-state index >= 15 is 0 Å². The highest BCUT2D eigenvalue weighted by Crippen LogP contribution is 2.12. The van der Waals surface area contributed by atoms with Gasteiger partial charge in [0.05, 0.1) is 6.61 Å². The average molecular weight is 204 g/mol. The van der Waals surface area contributed by atoms with Gasteiger partial charge in [-0.05, 0) is 13.8 Å². The molecule has 1 aromatic heterocycles. The molecule has 1 rings (SSSR count). The highest BCUT2D eigenvalue weighted by Gasteiger charge is 2.14. The zero-order valence-corrected chi connectivity index (χ0v) is 8.10. The molecule has 6 heteroatoms. The summed E-state index contributed by atoms with van der Waals surface area (Å²) in [5, 5.41) is 3.68. The van der Waals surface area contributed by atoms with Crippen molar-refractivity contribution >= 4 is 18.3 Å². The van der Waals surface area contributed by atoms with Gasteiger partial charge in [-0.1, -0.05) is 0 Å². The molecule has 0 amide bonds. The Morgan fingerprint density at radius 1 is 1.85 bits per heavy atom. The van der Waals surface area contributed by atoms with Crippen LogP contribution < -0.4 is 0 Å². The Morgan fingerprint density at radius 3 is 3.00 bits per heavy atom. The van der Waals surface area contributed by atoms with Gasteiger partial charge in [0.2, 0.25) is 0 Å². The molecule has 1 aromatic rings. The van der Waals surface area contributed by atoms with Crippen LogP contribution in [0.15, 0.2) is 6.20 Å². The van der Waals surface area contributed by atoms with E-state index in [4.69, 9.17) is 4.74 Å². The maximum absolute atomic E-state index is 12.0. The molecule has 0 saturated carbocycles. The predicted molar refractivity (Wildman–Crippen MR) is 47.0 cm³/mol. The van der Waals surface area contributed by atoms with Gasteiger partial charge >= 0.3 is 5.97 Å². The molecule has 0 aromatic carbocycles. The molecule has 0 aliphatic heterocycles. The van der Waals surface area contributed by atoms with E-state index in [0.717, 1.165) is 4.09 Å². The third kappa shape index (κ3) is 2.21. The van der Waals surface area contributed by atoms with Gasteiger partial charge in [0.1, 0.15) is 0 Å². The third-order valence-electron chi connectivity index (χ3n) is 1.42. The zero-order chi connectivity index (χ0) is 9.84. The van der Waals surface area contributed by atoms with Crippen LogP contribution in [0.25, 0.3) is 0 Å². The van der Waals surface area contributed by atoms with Crippen LogP contribution >= 0.6 is 12.3 Å². The zero-order valence-electron chi connectivity index (χ0n) is 7.28. The molecular formula is C7H9FN2O2S. The quantitative estimate of drug-likeness (QED) is 0.703. The van der Waals surface area contributed by atoms with Crippen molar-refractivity contribution in [1.29, 1.82) is 0 Å². The molecule has 4 nitrogen and oxygen atoms in total. The lowest BCUT2D eigenvalue weighted by Gasteiger charge is -1.97. The van der Waals surface area contributed by atoms with E-state index in [1.807, 2.05) is 0 Å². The molecule has 0 bridgehead atoms. The molecule has 0 aliphatic rings. The van der Waals surface area contributed by atoms with E-state index in [2.05, 4.69) is 5.10 Å². The molecule has 0 spiro atoms. The van der Waals surface area contributed by atoms with E-state index in [-0.39, 0.29) is 24.6 Å². The fourth-order valence-corrected chi connectivity index (χ4v) is 1.18. The Morgan fingerprint density at radius 2 is 2.54 bits per heavy atom. The van der Waals surface area contributed by atoms with E-state index < -0.39 is 5.97 Å². The monoisotopic (exact) mass is 204 g/mol. The number of halogens is 1. The van der Waals surface area contributed by atoms with Gasteiger partial charge in [0.25, 0.3) is 0 Å². The summed E-state index contributed by atoms with van der Waals surface area (Å²) in [5.74, 6) is -0.521. The summed E-state index contributed by atoms with van der Waals surface area (Å²) in [6.45, 7) is 3.66. The number of nitrogens with zero attached hydrogens (tertiary/aromatic N) is 2. The van der Waals surface area contributed by atoms with E-state index in [1.54, 1.807) is 13.8 Å². The van der Waals surface area contributed by atoms with Crippen molar-refractivity contribution in [2.24, 2.45) is 0 Å². The number of hydrogen-bond donors (Lipinski definition) is 0. The lowest BCUT2D eigenvalue weighted by Crippen LogP contribution is -2.07. The maximum Gasteiger partial charge on any atom is 0.359 e.